The Morgan fingerprint density at radius 3 is 2.14 bits per heavy atom. The Bertz CT molecular complexity index is 523. The molecule has 2 aromatic rings. The zero-order chi connectivity index (χ0) is 15.1. The SMILES string of the molecule is CCCOc1ccc(OC(c2ccccc2)C(C)N)cc1. The highest BCUT2D eigenvalue weighted by Gasteiger charge is 2.17. The van der Waals surface area contributed by atoms with Crippen molar-refractivity contribution >= 4 is 0 Å². The summed E-state index contributed by atoms with van der Waals surface area (Å²) in [6, 6.07) is 17.6. The molecule has 0 radical (unpaired) electrons. The molecule has 2 atom stereocenters. The van der Waals surface area contributed by atoms with Gasteiger partial charge >= 0.3 is 0 Å². The number of nitrogens with two attached hydrogens (primary N) is 1. The number of benzene rings is 2. The van der Waals surface area contributed by atoms with Gasteiger partial charge in [-0.3, -0.25) is 0 Å². The third-order valence-corrected chi connectivity index (χ3v) is 3.17. The molecule has 0 fully saturated rings. The van der Waals surface area contributed by atoms with E-state index in [1.165, 1.54) is 0 Å². The van der Waals surface area contributed by atoms with E-state index >= 15 is 0 Å². The van der Waals surface area contributed by atoms with Gasteiger partial charge in [0.15, 0.2) is 0 Å². The molecule has 0 heterocycles. The van der Waals surface area contributed by atoms with E-state index in [4.69, 9.17) is 15.2 Å². The maximum Gasteiger partial charge on any atom is 0.138 e. The first-order valence-electron chi connectivity index (χ1n) is 7.40. The summed E-state index contributed by atoms with van der Waals surface area (Å²) < 4.78 is 11.6. The lowest BCUT2D eigenvalue weighted by Crippen LogP contribution is -2.29. The summed E-state index contributed by atoms with van der Waals surface area (Å²) in [7, 11) is 0. The highest BCUT2D eigenvalue weighted by Crippen LogP contribution is 2.25. The quantitative estimate of drug-likeness (QED) is 0.838. The van der Waals surface area contributed by atoms with Crippen molar-refractivity contribution in [1.29, 1.82) is 0 Å². The molecule has 0 aromatic heterocycles. The van der Waals surface area contributed by atoms with Crippen molar-refractivity contribution in [2.24, 2.45) is 5.73 Å². The molecule has 2 N–H and O–H groups in total. The molecule has 0 saturated carbocycles. The lowest BCUT2D eigenvalue weighted by molar-refractivity contribution is 0.180. The van der Waals surface area contributed by atoms with Crippen molar-refractivity contribution in [1.82, 2.24) is 0 Å². The maximum absolute atomic E-state index is 6.06. The van der Waals surface area contributed by atoms with E-state index < -0.39 is 0 Å². The van der Waals surface area contributed by atoms with Crippen LogP contribution < -0.4 is 15.2 Å². The van der Waals surface area contributed by atoms with E-state index in [1.807, 2.05) is 61.5 Å². The van der Waals surface area contributed by atoms with Crippen LogP contribution in [0.4, 0.5) is 0 Å². The third-order valence-electron chi connectivity index (χ3n) is 3.17. The van der Waals surface area contributed by atoms with Crippen LogP contribution in [0.3, 0.4) is 0 Å². The van der Waals surface area contributed by atoms with Gasteiger partial charge in [-0.15, -0.1) is 0 Å². The fourth-order valence-corrected chi connectivity index (χ4v) is 2.10. The normalized spacial score (nSPS) is 13.5. The van der Waals surface area contributed by atoms with Crippen molar-refractivity contribution in [3.05, 3.63) is 60.2 Å². The minimum Gasteiger partial charge on any atom is -0.494 e. The van der Waals surface area contributed by atoms with E-state index in [0.29, 0.717) is 0 Å². The minimum atomic E-state index is -0.159. The Labute approximate surface area is 126 Å². The summed E-state index contributed by atoms with van der Waals surface area (Å²) in [6.07, 6.45) is 0.840. The van der Waals surface area contributed by atoms with Crippen LogP contribution in [0.1, 0.15) is 31.9 Å². The van der Waals surface area contributed by atoms with Crippen LogP contribution in [-0.4, -0.2) is 12.6 Å². The van der Waals surface area contributed by atoms with Crippen LogP contribution >= 0.6 is 0 Å². The van der Waals surface area contributed by atoms with E-state index in [9.17, 15) is 0 Å². The average Bonchev–Trinajstić information content (AvgIpc) is 2.52. The molecule has 0 aliphatic carbocycles. The molecule has 112 valence electrons. The van der Waals surface area contributed by atoms with Gasteiger partial charge in [0.05, 0.1) is 6.61 Å². The van der Waals surface area contributed by atoms with Crippen molar-refractivity contribution in [3.63, 3.8) is 0 Å². The van der Waals surface area contributed by atoms with Crippen molar-refractivity contribution in [2.75, 3.05) is 6.61 Å². The molecule has 0 saturated heterocycles. The topological polar surface area (TPSA) is 44.5 Å². The molecule has 2 unspecified atom stereocenters. The Morgan fingerprint density at radius 2 is 1.57 bits per heavy atom. The Balaban J connectivity index is 2.07. The van der Waals surface area contributed by atoms with Crippen LogP contribution in [-0.2, 0) is 0 Å². The zero-order valence-corrected chi connectivity index (χ0v) is 12.7. The number of ether oxygens (including phenoxy) is 2. The van der Waals surface area contributed by atoms with Crippen LogP contribution in [0, 0.1) is 0 Å². The molecule has 2 rings (SSSR count). The molecule has 0 aliphatic heterocycles. The number of hydrogen-bond donors (Lipinski definition) is 1. The maximum atomic E-state index is 6.06. The fourth-order valence-electron chi connectivity index (χ4n) is 2.10. The highest BCUT2D eigenvalue weighted by atomic mass is 16.5. The smallest absolute Gasteiger partial charge is 0.138 e. The van der Waals surface area contributed by atoms with Gasteiger partial charge in [0.25, 0.3) is 0 Å². The number of hydrogen-bond acceptors (Lipinski definition) is 3. The molecule has 2 aromatic carbocycles. The zero-order valence-electron chi connectivity index (χ0n) is 12.7. The van der Waals surface area contributed by atoms with Crippen LogP contribution in [0.2, 0.25) is 0 Å². The monoisotopic (exact) mass is 285 g/mol. The summed E-state index contributed by atoms with van der Waals surface area (Å²) in [5.41, 5.74) is 7.14. The molecule has 0 aliphatic rings. The number of rotatable bonds is 7. The standard InChI is InChI=1S/C18H23NO2/c1-3-13-20-16-9-11-17(12-10-16)21-18(14(2)19)15-7-5-4-6-8-15/h4-12,14,18H,3,13,19H2,1-2H3. The van der Waals surface area contributed by atoms with Gasteiger partial charge < -0.3 is 15.2 Å². The van der Waals surface area contributed by atoms with Crippen molar-refractivity contribution in [2.45, 2.75) is 32.4 Å². The van der Waals surface area contributed by atoms with Crippen molar-refractivity contribution < 1.29 is 9.47 Å². The van der Waals surface area contributed by atoms with Gasteiger partial charge in [0.2, 0.25) is 0 Å². The second-order valence-corrected chi connectivity index (χ2v) is 5.13. The summed E-state index contributed by atoms with van der Waals surface area (Å²) in [5, 5.41) is 0. The molecule has 21 heavy (non-hydrogen) atoms. The summed E-state index contributed by atoms with van der Waals surface area (Å²) >= 11 is 0. The van der Waals surface area contributed by atoms with Gasteiger partial charge in [-0.1, -0.05) is 37.3 Å². The minimum absolute atomic E-state index is 0.0941. The van der Waals surface area contributed by atoms with Crippen LogP contribution in [0.25, 0.3) is 0 Å². The Morgan fingerprint density at radius 1 is 0.952 bits per heavy atom. The van der Waals surface area contributed by atoms with E-state index in [1.54, 1.807) is 0 Å². The third kappa shape index (κ3) is 4.50. The van der Waals surface area contributed by atoms with E-state index in [2.05, 4.69) is 6.92 Å². The highest BCUT2D eigenvalue weighted by molar-refractivity contribution is 5.32. The fraction of sp³-hybridized carbons (Fsp3) is 0.333. The first-order valence-corrected chi connectivity index (χ1v) is 7.40. The second-order valence-electron chi connectivity index (χ2n) is 5.13. The molecular formula is C18H23NO2. The lowest BCUT2D eigenvalue weighted by Gasteiger charge is -2.23. The molecule has 0 bridgehead atoms. The molecule has 3 nitrogen and oxygen atoms in total. The van der Waals surface area contributed by atoms with Gasteiger partial charge in [-0.2, -0.15) is 0 Å². The summed E-state index contributed by atoms with van der Waals surface area (Å²) in [4.78, 5) is 0. The van der Waals surface area contributed by atoms with Crippen molar-refractivity contribution in [3.8, 4) is 11.5 Å². The summed E-state index contributed by atoms with van der Waals surface area (Å²) in [5.74, 6) is 1.66. The summed E-state index contributed by atoms with van der Waals surface area (Å²) in [6.45, 7) is 4.77. The van der Waals surface area contributed by atoms with Crippen LogP contribution in [0.15, 0.2) is 54.6 Å². The van der Waals surface area contributed by atoms with Gasteiger partial charge in [0.1, 0.15) is 17.6 Å². The molecule has 3 heteroatoms. The van der Waals surface area contributed by atoms with E-state index in [-0.39, 0.29) is 12.1 Å². The second kappa shape index (κ2) is 7.70. The Kier molecular flexibility index (Phi) is 5.64. The first-order chi connectivity index (χ1) is 10.2. The lowest BCUT2D eigenvalue weighted by atomic mass is 10.0. The van der Waals surface area contributed by atoms with Gasteiger partial charge in [-0.05, 0) is 43.2 Å². The predicted molar refractivity (Wildman–Crippen MR) is 85.7 cm³/mol. The molecule has 0 spiro atoms. The molecular weight excluding hydrogens is 262 g/mol. The van der Waals surface area contributed by atoms with Gasteiger partial charge in [0, 0.05) is 6.04 Å². The largest absolute Gasteiger partial charge is 0.494 e. The van der Waals surface area contributed by atoms with Gasteiger partial charge in [-0.25, -0.2) is 0 Å². The van der Waals surface area contributed by atoms with E-state index in [0.717, 1.165) is 30.1 Å². The predicted octanol–water partition coefficient (Wildman–Crippen LogP) is 3.94. The van der Waals surface area contributed by atoms with Crippen LogP contribution in [0.5, 0.6) is 11.5 Å². The Hall–Kier alpha value is -2.00. The first kappa shape index (κ1) is 15.4. The molecule has 0 amide bonds. The average molecular weight is 285 g/mol.